The third-order valence-electron chi connectivity index (χ3n) is 1.99. The molecular weight excluding hydrogens is 138 g/mol. The van der Waals surface area contributed by atoms with Crippen LogP contribution in [0.25, 0.3) is 0 Å². The Labute approximate surface area is 65.6 Å². The summed E-state index contributed by atoms with van der Waals surface area (Å²) < 4.78 is 0. The minimum Gasteiger partial charge on any atom is -0.384 e. The molecule has 1 aromatic heterocycles. The van der Waals surface area contributed by atoms with E-state index in [0.717, 1.165) is 19.5 Å². The Hall–Kier alpha value is -1.09. The standard InChI is InChI=1S/C8H11N3/c9-8-3-7-4-10-2-1-6(7)5-11-8/h3,5,10H,1-2,4H2,(H2,9,11). The van der Waals surface area contributed by atoms with E-state index in [1.165, 1.54) is 11.1 Å². The van der Waals surface area contributed by atoms with Gasteiger partial charge in [-0.1, -0.05) is 0 Å². The van der Waals surface area contributed by atoms with Gasteiger partial charge >= 0.3 is 0 Å². The summed E-state index contributed by atoms with van der Waals surface area (Å²) in [5.41, 5.74) is 8.17. The minimum atomic E-state index is 0.618. The van der Waals surface area contributed by atoms with Gasteiger partial charge in [0.2, 0.25) is 0 Å². The van der Waals surface area contributed by atoms with Gasteiger partial charge in [-0.05, 0) is 30.2 Å². The number of fused-ring (bicyclic) bond motifs is 1. The van der Waals surface area contributed by atoms with Gasteiger partial charge in [0, 0.05) is 12.7 Å². The topological polar surface area (TPSA) is 50.9 Å². The largest absolute Gasteiger partial charge is 0.384 e. The monoisotopic (exact) mass is 149 g/mol. The van der Waals surface area contributed by atoms with Crippen LogP contribution in [-0.4, -0.2) is 11.5 Å². The second kappa shape index (κ2) is 2.51. The molecule has 0 atom stereocenters. The normalized spacial score (nSPS) is 16.0. The van der Waals surface area contributed by atoms with E-state index in [4.69, 9.17) is 5.73 Å². The number of nitrogens with one attached hydrogen (secondary N) is 1. The van der Waals surface area contributed by atoms with Crippen molar-refractivity contribution in [2.75, 3.05) is 12.3 Å². The van der Waals surface area contributed by atoms with Gasteiger partial charge in [0.25, 0.3) is 0 Å². The van der Waals surface area contributed by atoms with Crippen LogP contribution >= 0.6 is 0 Å². The van der Waals surface area contributed by atoms with Crippen LogP contribution in [0.3, 0.4) is 0 Å². The van der Waals surface area contributed by atoms with Crippen LogP contribution < -0.4 is 11.1 Å². The highest BCUT2D eigenvalue weighted by atomic mass is 14.9. The molecule has 11 heavy (non-hydrogen) atoms. The first-order valence-corrected chi connectivity index (χ1v) is 3.80. The molecule has 3 nitrogen and oxygen atoms in total. The molecule has 3 N–H and O–H groups in total. The number of hydrogen-bond acceptors (Lipinski definition) is 3. The molecule has 0 radical (unpaired) electrons. The second-order valence-electron chi connectivity index (χ2n) is 2.80. The third-order valence-corrected chi connectivity index (χ3v) is 1.99. The Bertz CT molecular complexity index is 270. The van der Waals surface area contributed by atoms with Gasteiger partial charge in [0.05, 0.1) is 0 Å². The lowest BCUT2D eigenvalue weighted by atomic mass is 10.0. The molecule has 0 saturated heterocycles. The number of hydrogen-bond donors (Lipinski definition) is 2. The average molecular weight is 149 g/mol. The SMILES string of the molecule is Nc1cc2c(cn1)CCNC2. The third kappa shape index (κ3) is 1.19. The van der Waals surface area contributed by atoms with Gasteiger partial charge in [-0.15, -0.1) is 0 Å². The summed E-state index contributed by atoms with van der Waals surface area (Å²) in [5, 5.41) is 3.28. The predicted octanol–water partition coefficient (Wildman–Crippen LogP) is 0.309. The average Bonchev–Trinajstić information content (AvgIpc) is 2.04. The van der Waals surface area contributed by atoms with Crippen LogP contribution in [0, 0.1) is 0 Å². The highest BCUT2D eigenvalue weighted by Gasteiger charge is 2.07. The van der Waals surface area contributed by atoms with Crippen LogP contribution in [-0.2, 0) is 13.0 Å². The van der Waals surface area contributed by atoms with Gasteiger partial charge in [-0.3, -0.25) is 0 Å². The Balaban J connectivity index is 2.43. The zero-order chi connectivity index (χ0) is 7.68. The van der Waals surface area contributed by atoms with E-state index in [9.17, 15) is 0 Å². The quantitative estimate of drug-likeness (QED) is 0.558. The highest BCUT2D eigenvalue weighted by molar-refractivity contribution is 5.38. The summed E-state index contributed by atoms with van der Waals surface area (Å²) in [6.45, 7) is 1.99. The first-order chi connectivity index (χ1) is 5.36. The molecule has 0 fully saturated rings. The Kier molecular flexibility index (Phi) is 1.51. The minimum absolute atomic E-state index is 0.618. The van der Waals surface area contributed by atoms with Crippen molar-refractivity contribution in [3.63, 3.8) is 0 Å². The molecule has 2 heterocycles. The van der Waals surface area contributed by atoms with Crippen molar-refractivity contribution in [3.8, 4) is 0 Å². The summed E-state index contributed by atoms with van der Waals surface area (Å²) in [7, 11) is 0. The van der Waals surface area contributed by atoms with Crippen molar-refractivity contribution < 1.29 is 0 Å². The molecule has 0 aromatic carbocycles. The Morgan fingerprint density at radius 1 is 1.45 bits per heavy atom. The van der Waals surface area contributed by atoms with Crippen LogP contribution in [0.5, 0.6) is 0 Å². The summed E-state index contributed by atoms with van der Waals surface area (Å²) in [6.07, 6.45) is 2.95. The van der Waals surface area contributed by atoms with Crippen molar-refractivity contribution in [2.24, 2.45) is 0 Å². The molecule has 0 aliphatic carbocycles. The number of aromatic nitrogens is 1. The summed E-state index contributed by atoms with van der Waals surface area (Å²) in [6, 6.07) is 1.95. The lowest BCUT2D eigenvalue weighted by molar-refractivity contribution is 0.641. The van der Waals surface area contributed by atoms with Crippen LogP contribution in [0.15, 0.2) is 12.3 Å². The summed E-state index contributed by atoms with van der Waals surface area (Å²) in [4.78, 5) is 4.04. The Morgan fingerprint density at radius 3 is 3.27 bits per heavy atom. The van der Waals surface area contributed by atoms with E-state index in [0.29, 0.717) is 5.82 Å². The maximum absolute atomic E-state index is 5.54. The van der Waals surface area contributed by atoms with Crippen molar-refractivity contribution in [2.45, 2.75) is 13.0 Å². The van der Waals surface area contributed by atoms with Gasteiger partial charge < -0.3 is 11.1 Å². The smallest absolute Gasteiger partial charge is 0.123 e. The number of pyridine rings is 1. The lowest BCUT2D eigenvalue weighted by Gasteiger charge is -2.16. The number of nitrogens with two attached hydrogens (primary N) is 1. The first kappa shape index (κ1) is 6.61. The molecule has 0 amide bonds. The molecule has 1 aliphatic heterocycles. The van der Waals surface area contributed by atoms with Crippen molar-refractivity contribution in [1.29, 1.82) is 0 Å². The van der Waals surface area contributed by atoms with E-state index in [1.807, 2.05) is 12.3 Å². The van der Waals surface area contributed by atoms with E-state index in [1.54, 1.807) is 0 Å². The van der Waals surface area contributed by atoms with E-state index < -0.39 is 0 Å². The molecule has 1 aromatic rings. The molecule has 0 spiro atoms. The molecule has 0 saturated carbocycles. The second-order valence-corrected chi connectivity index (χ2v) is 2.80. The highest BCUT2D eigenvalue weighted by Crippen LogP contribution is 2.13. The molecule has 1 aliphatic rings. The van der Waals surface area contributed by atoms with E-state index >= 15 is 0 Å². The number of nitrogens with zero attached hydrogens (tertiary/aromatic N) is 1. The van der Waals surface area contributed by atoms with Gasteiger partial charge in [0.15, 0.2) is 0 Å². The number of nitrogen functional groups attached to an aromatic ring is 1. The van der Waals surface area contributed by atoms with Crippen molar-refractivity contribution in [1.82, 2.24) is 10.3 Å². The summed E-state index contributed by atoms with van der Waals surface area (Å²) >= 11 is 0. The molecule has 2 rings (SSSR count). The molecule has 0 unspecified atom stereocenters. The lowest BCUT2D eigenvalue weighted by Crippen LogP contribution is -2.23. The zero-order valence-electron chi connectivity index (χ0n) is 6.30. The van der Waals surface area contributed by atoms with Crippen LogP contribution in [0.1, 0.15) is 11.1 Å². The van der Waals surface area contributed by atoms with E-state index in [-0.39, 0.29) is 0 Å². The maximum Gasteiger partial charge on any atom is 0.123 e. The maximum atomic E-state index is 5.54. The first-order valence-electron chi connectivity index (χ1n) is 3.80. The van der Waals surface area contributed by atoms with Crippen LogP contribution in [0.2, 0.25) is 0 Å². The van der Waals surface area contributed by atoms with Crippen molar-refractivity contribution in [3.05, 3.63) is 23.4 Å². The van der Waals surface area contributed by atoms with Gasteiger partial charge in [-0.2, -0.15) is 0 Å². The van der Waals surface area contributed by atoms with E-state index in [2.05, 4.69) is 10.3 Å². The van der Waals surface area contributed by atoms with Crippen LogP contribution in [0.4, 0.5) is 5.82 Å². The predicted molar refractivity (Wildman–Crippen MR) is 44.1 cm³/mol. The molecule has 3 heteroatoms. The fraction of sp³-hybridized carbons (Fsp3) is 0.375. The molecule has 58 valence electrons. The van der Waals surface area contributed by atoms with Gasteiger partial charge in [-0.25, -0.2) is 4.98 Å². The number of rotatable bonds is 0. The van der Waals surface area contributed by atoms with Crippen molar-refractivity contribution >= 4 is 5.82 Å². The Morgan fingerprint density at radius 2 is 2.36 bits per heavy atom. The fourth-order valence-corrected chi connectivity index (χ4v) is 1.38. The number of anilines is 1. The fourth-order valence-electron chi connectivity index (χ4n) is 1.38. The zero-order valence-corrected chi connectivity index (χ0v) is 6.30. The molecular formula is C8H11N3. The molecule has 0 bridgehead atoms. The summed E-state index contributed by atoms with van der Waals surface area (Å²) in [5.74, 6) is 0.618. The van der Waals surface area contributed by atoms with Gasteiger partial charge in [0.1, 0.15) is 5.82 Å².